The number of carbonyl (C=O) groups excluding carboxylic acids is 1. The summed E-state index contributed by atoms with van der Waals surface area (Å²) in [6.45, 7) is 7.53. The van der Waals surface area contributed by atoms with E-state index in [0.717, 1.165) is 59.5 Å². The van der Waals surface area contributed by atoms with Crippen LogP contribution < -0.4 is 16.0 Å². The molecule has 1 saturated carbocycles. The van der Waals surface area contributed by atoms with Crippen molar-refractivity contribution in [1.82, 2.24) is 24.8 Å². The van der Waals surface area contributed by atoms with Crippen molar-refractivity contribution in [3.05, 3.63) is 84.6 Å². The van der Waals surface area contributed by atoms with Crippen molar-refractivity contribution in [3.63, 3.8) is 0 Å². The maximum absolute atomic E-state index is 12.8. The molecule has 11 heteroatoms. The Bertz CT molecular complexity index is 1950. The molecule has 0 spiro atoms. The van der Waals surface area contributed by atoms with E-state index in [1.54, 1.807) is 6.20 Å². The fourth-order valence-electron chi connectivity index (χ4n) is 6.52. The molecule has 1 saturated heterocycles. The minimum Gasteiger partial charge on any atom is -0.444 e. The van der Waals surface area contributed by atoms with E-state index < -0.39 is 17.2 Å². The number of carbonyl (C=O) groups is 1. The molecule has 1 aliphatic heterocycles. The number of nitrogens with zero attached hydrogens (tertiary/aromatic N) is 5. The van der Waals surface area contributed by atoms with Gasteiger partial charge in [0.2, 0.25) is 0 Å². The van der Waals surface area contributed by atoms with Crippen LogP contribution >= 0.6 is 0 Å². The Balaban J connectivity index is 1.28. The molecule has 1 aliphatic carbocycles. The Morgan fingerprint density at radius 1 is 1.06 bits per heavy atom. The number of aromatic nitrogens is 4. The minimum atomic E-state index is -0.579. The normalized spacial score (nSPS) is 17.6. The van der Waals surface area contributed by atoms with E-state index in [0.29, 0.717) is 36.0 Å². The molecule has 1 atom stereocenters. The third-order valence-electron chi connectivity index (χ3n) is 9.06. The maximum Gasteiger partial charge on any atom is 0.408 e. The number of amides is 1. The first-order chi connectivity index (χ1) is 23.1. The van der Waals surface area contributed by atoms with Crippen LogP contribution in [0.2, 0.25) is 0 Å². The number of pyridine rings is 2. The summed E-state index contributed by atoms with van der Waals surface area (Å²) in [5, 5.41) is 12.8. The van der Waals surface area contributed by atoms with Crippen LogP contribution in [0, 0.1) is 0 Å². The molecule has 1 amide bonds. The van der Waals surface area contributed by atoms with Gasteiger partial charge in [0.1, 0.15) is 16.9 Å². The summed E-state index contributed by atoms with van der Waals surface area (Å²) in [5.41, 5.74) is 12.1. The second-order valence-electron chi connectivity index (χ2n) is 13.5. The summed E-state index contributed by atoms with van der Waals surface area (Å²) >= 11 is 0. The van der Waals surface area contributed by atoms with Crippen LogP contribution in [0.1, 0.15) is 45.6 Å². The van der Waals surface area contributed by atoms with E-state index >= 15 is 0 Å². The summed E-state index contributed by atoms with van der Waals surface area (Å²) in [6.07, 6.45) is 3.75. The van der Waals surface area contributed by atoms with Gasteiger partial charge in [0.15, 0.2) is 11.5 Å². The fraction of sp³-hybridized carbons (Fsp3) is 0.351. The second kappa shape index (κ2) is 12.6. The van der Waals surface area contributed by atoms with Gasteiger partial charge in [-0.3, -0.25) is 4.57 Å². The van der Waals surface area contributed by atoms with E-state index in [1.165, 1.54) is 0 Å². The number of nitrogen functional groups attached to an aromatic ring is 1. The molecular weight excluding hydrogens is 606 g/mol. The molecule has 2 aromatic carbocycles. The number of ether oxygens (including phenoxy) is 2. The highest BCUT2D eigenvalue weighted by Crippen LogP contribution is 2.42. The number of nitrogens with one attached hydrogen (secondary N) is 1. The quantitative estimate of drug-likeness (QED) is 0.199. The highest BCUT2D eigenvalue weighted by Gasteiger charge is 2.41. The van der Waals surface area contributed by atoms with E-state index in [9.17, 15) is 9.90 Å². The monoisotopic (exact) mass is 647 g/mol. The number of benzene rings is 2. The predicted molar refractivity (Wildman–Crippen MR) is 186 cm³/mol. The topological polar surface area (TPSA) is 141 Å². The van der Waals surface area contributed by atoms with Crippen molar-refractivity contribution in [2.45, 2.75) is 57.3 Å². The molecule has 7 rings (SSSR count). The van der Waals surface area contributed by atoms with Crippen LogP contribution in [0.25, 0.3) is 39.5 Å². The van der Waals surface area contributed by atoms with Crippen LogP contribution in [-0.2, 0) is 15.0 Å². The molecule has 2 fully saturated rings. The van der Waals surface area contributed by atoms with Gasteiger partial charge in [0.05, 0.1) is 36.1 Å². The first-order valence-corrected chi connectivity index (χ1v) is 16.4. The maximum atomic E-state index is 12.8. The van der Waals surface area contributed by atoms with E-state index in [-0.39, 0.29) is 12.7 Å². The fourth-order valence-corrected chi connectivity index (χ4v) is 6.52. The van der Waals surface area contributed by atoms with Gasteiger partial charge in [-0.05, 0) is 94.1 Å². The number of imidazole rings is 1. The third kappa shape index (κ3) is 6.18. The lowest BCUT2D eigenvalue weighted by atomic mass is 9.72. The van der Waals surface area contributed by atoms with Gasteiger partial charge >= 0.3 is 6.09 Å². The summed E-state index contributed by atoms with van der Waals surface area (Å²) in [4.78, 5) is 29.5. The van der Waals surface area contributed by atoms with Gasteiger partial charge in [-0.1, -0.05) is 24.3 Å². The standard InChI is InChI=1S/C37H41N7O4/c1-36(2,3)48-35(46)42-37(16-6-17-37)25-10-12-26(13-11-25)44-33(29-9-5-18-39-32(29)38)41-31-15-14-30(40-34(31)44)24-7-4-8-27(21-24)43-19-20-47-28(22-43)23-45/h4-5,7-15,18,21,28,45H,6,16-17,19-20,22-23H2,1-3H3,(H2,38,39)(H,42,46)/t28-/m0/s1. The summed E-state index contributed by atoms with van der Waals surface area (Å²) in [6, 6.07) is 24.2. The largest absolute Gasteiger partial charge is 0.444 e. The molecule has 0 bridgehead atoms. The highest BCUT2D eigenvalue weighted by molar-refractivity contribution is 5.85. The molecule has 0 unspecified atom stereocenters. The molecular formula is C37H41N7O4. The van der Waals surface area contributed by atoms with Crippen molar-refractivity contribution >= 4 is 28.8 Å². The van der Waals surface area contributed by atoms with Crippen molar-refractivity contribution < 1.29 is 19.4 Å². The average Bonchev–Trinajstić information content (AvgIpc) is 3.44. The SMILES string of the molecule is CC(C)(C)OC(=O)NC1(c2ccc(-n3c(-c4cccnc4N)nc4ccc(-c5cccc(N6CCO[C@H](CO)C6)c5)nc43)cc2)CCC1. The number of aliphatic hydroxyl groups is 1. The minimum absolute atomic E-state index is 0.00952. The number of hydrogen-bond donors (Lipinski definition) is 3. The van der Waals surface area contributed by atoms with Gasteiger partial charge in [0.25, 0.3) is 0 Å². The number of rotatable bonds is 7. The number of alkyl carbamates (subject to hydrolysis) is 1. The van der Waals surface area contributed by atoms with Crippen LogP contribution in [0.3, 0.4) is 0 Å². The van der Waals surface area contributed by atoms with E-state index in [1.807, 2.05) is 73.9 Å². The zero-order valence-electron chi connectivity index (χ0n) is 27.5. The molecule has 4 N–H and O–H groups in total. The Hall–Kier alpha value is -5.00. The first-order valence-electron chi connectivity index (χ1n) is 16.4. The van der Waals surface area contributed by atoms with E-state index in [2.05, 4.69) is 39.5 Å². The average molecular weight is 648 g/mol. The van der Waals surface area contributed by atoms with Crippen LogP contribution in [0.15, 0.2) is 79.0 Å². The van der Waals surface area contributed by atoms with Crippen LogP contribution in [0.5, 0.6) is 0 Å². The smallest absolute Gasteiger partial charge is 0.408 e. The summed E-state index contributed by atoms with van der Waals surface area (Å²) < 4.78 is 13.3. The zero-order valence-corrected chi connectivity index (χ0v) is 27.5. The Morgan fingerprint density at radius 2 is 1.88 bits per heavy atom. The van der Waals surface area contributed by atoms with Gasteiger partial charge in [-0.2, -0.15) is 0 Å². The van der Waals surface area contributed by atoms with Crippen molar-refractivity contribution in [2.75, 3.05) is 36.9 Å². The van der Waals surface area contributed by atoms with Gasteiger partial charge < -0.3 is 30.5 Å². The number of morpholine rings is 1. The highest BCUT2D eigenvalue weighted by atomic mass is 16.6. The number of fused-ring (bicyclic) bond motifs is 1. The molecule has 11 nitrogen and oxygen atoms in total. The molecule has 3 aromatic heterocycles. The number of hydrogen-bond acceptors (Lipinski definition) is 9. The van der Waals surface area contributed by atoms with Gasteiger partial charge in [-0.15, -0.1) is 0 Å². The molecule has 248 valence electrons. The molecule has 0 radical (unpaired) electrons. The summed E-state index contributed by atoms with van der Waals surface area (Å²) in [5.74, 6) is 1.01. The molecule has 48 heavy (non-hydrogen) atoms. The number of anilines is 2. The molecule has 4 heterocycles. The Kier molecular flexibility index (Phi) is 8.26. The number of nitrogens with two attached hydrogens (primary N) is 1. The Morgan fingerprint density at radius 3 is 2.58 bits per heavy atom. The Labute approximate surface area is 279 Å². The van der Waals surface area contributed by atoms with E-state index in [4.69, 9.17) is 25.2 Å². The van der Waals surface area contributed by atoms with Gasteiger partial charge in [-0.25, -0.2) is 19.7 Å². The van der Waals surface area contributed by atoms with Crippen LogP contribution in [-0.4, -0.2) is 68.7 Å². The lowest BCUT2D eigenvalue weighted by molar-refractivity contribution is 0.00357. The lowest BCUT2D eigenvalue weighted by Gasteiger charge is -2.43. The lowest BCUT2D eigenvalue weighted by Crippen LogP contribution is -2.52. The summed E-state index contributed by atoms with van der Waals surface area (Å²) in [7, 11) is 0. The first kappa shape index (κ1) is 31.6. The molecule has 2 aliphatic rings. The van der Waals surface area contributed by atoms with Gasteiger partial charge in [0, 0.05) is 36.2 Å². The van der Waals surface area contributed by atoms with Crippen molar-refractivity contribution in [2.24, 2.45) is 0 Å². The predicted octanol–water partition coefficient (Wildman–Crippen LogP) is 5.83. The number of aliphatic hydroxyl groups excluding tert-OH is 1. The van der Waals surface area contributed by atoms with Crippen LogP contribution in [0.4, 0.5) is 16.3 Å². The second-order valence-corrected chi connectivity index (χ2v) is 13.5. The third-order valence-corrected chi connectivity index (χ3v) is 9.06. The van der Waals surface area contributed by atoms with Crippen molar-refractivity contribution in [1.29, 1.82) is 0 Å². The zero-order chi connectivity index (χ0) is 33.5. The molecule has 5 aromatic rings. The van der Waals surface area contributed by atoms with Crippen molar-refractivity contribution in [3.8, 4) is 28.3 Å².